The number of rotatable bonds is 18. The third-order valence-electron chi connectivity index (χ3n) is 4.60. The highest BCUT2D eigenvalue weighted by Crippen LogP contribution is 2.10. The first kappa shape index (κ1) is 25.7. The molecule has 0 spiro atoms. The molecule has 0 fully saturated rings. The number of unbranched alkanes of at least 4 members (excludes halogenated alkanes) is 10. The summed E-state index contributed by atoms with van der Waals surface area (Å²) in [6, 6.07) is -0.597. The average molecular weight is 386 g/mol. The number of amides is 1. The van der Waals surface area contributed by atoms with Crippen LogP contribution in [0.2, 0.25) is 0 Å². The molecule has 0 radical (unpaired) electrons. The van der Waals surface area contributed by atoms with Gasteiger partial charge in [0.2, 0.25) is 0 Å². The summed E-state index contributed by atoms with van der Waals surface area (Å²) in [5, 5.41) is 2.67. The topological polar surface area (TPSA) is 64.6 Å². The van der Waals surface area contributed by atoms with Crippen LogP contribution in [-0.2, 0) is 14.3 Å². The summed E-state index contributed by atoms with van der Waals surface area (Å²) in [5.41, 5.74) is 0. The zero-order chi connectivity index (χ0) is 20.2. The van der Waals surface area contributed by atoms with Crippen molar-refractivity contribution in [1.29, 1.82) is 0 Å². The average Bonchev–Trinajstić information content (AvgIpc) is 2.67. The Morgan fingerprint density at radius 2 is 1.22 bits per heavy atom. The molecule has 0 aromatic rings. The number of nitrogens with one attached hydrogen (secondary N) is 1. The molecular formula is C22H43NO4. The van der Waals surface area contributed by atoms with Gasteiger partial charge in [-0.1, -0.05) is 91.4 Å². The lowest BCUT2D eigenvalue weighted by molar-refractivity contribution is -0.146. The molecule has 0 aromatic heterocycles. The van der Waals surface area contributed by atoms with Crippen molar-refractivity contribution in [2.24, 2.45) is 0 Å². The molecule has 0 aliphatic rings. The molecule has 160 valence electrons. The van der Waals surface area contributed by atoms with Gasteiger partial charge in [-0.05, 0) is 19.3 Å². The largest absolute Gasteiger partial charge is 0.464 e. The SMILES string of the molecule is CCCCCCCCCCOC(=O)C(CCCCCC)NC(=O)OCCC. The Labute approximate surface area is 167 Å². The molecule has 0 saturated carbocycles. The van der Waals surface area contributed by atoms with E-state index in [9.17, 15) is 9.59 Å². The fourth-order valence-electron chi connectivity index (χ4n) is 2.91. The van der Waals surface area contributed by atoms with Crippen molar-refractivity contribution in [3.63, 3.8) is 0 Å². The van der Waals surface area contributed by atoms with E-state index in [1.54, 1.807) is 0 Å². The van der Waals surface area contributed by atoms with Crippen molar-refractivity contribution in [1.82, 2.24) is 5.32 Å². The van der Waals surface area contributed by atoms with Gasteiger partial charge in [0.05, 0.1) is 13.2 Å². The fraction of sp³-hybridized carbons (Fsp3) is 0.909. The number of esters is 1. The smallest absolute Gasteiger partial charge is 0.407 e. The molecule has 0 heterocycles. The summed E-state index contributed by atoms with van der Waals surface area (Å²) in [6.07, 6.45) is 14.7. The summed E-state index contributed by atoms with van der Waals surface area (Å²) in [4.78, 5) is 24.1. The van der Waals surface area contributed by atoms with Gasteiger partial charge in [-0.3, -0.25) is 0 Å². The minimum atomic E-state index is -0.597. The maximum Gasteiger partial charge on any atom is 0.407 e. The van der Waals surface area contributed by atoms with E-state index in [-0.39, 0.29) is 5.97 Å². The number of carbonyl (C=O) groups excluding carboxylic acids is 2. The van der Waals surface area contributed by atoms with E-state index in [4.69, 9.17) is 9.47 Å². The van der Waals surface area contributed by atoms with E-state index in [0.29, 0.717) is 19.6 Å². The summed E-state index contributed by atoms with van der Waals surface area (Å²) in [6.45, 7) is 7.11. The Kier molecular flexibility index (Phi) is 18.6. The molecule has 5 nitrogen and oxygen atoms in total. The second-order valence-corrected chi connectivity index (χ2v) is 7.32. The van der Waals surface area contributed by atoms with E-state index in [2.05, 4.69) is 19.2 Å². The van der Waals surface area contributed by atoms with Crippen LogP contribution in [0.15, 0.2) is 0 Å². The molecular weight excluding hydrogens is 342 g/mol. The zero-order valence-corrected chi connectivity index (χ0v) is 18.0. The number of ether oxygens (including phenoxy) is 2. The molecule has 0 rings (SSSR count). The van der Waals surface area contributed by atoms with Crippen molar-refractivity contribution in [2.75, 3.05) is 13.2 Å². The lowest BCUT2D eigenvalue weighted by Gasteiger charge is -2.17. The first-order valence-corrected chi connectivity index (χ1v) is 11.3. The van der Waals surface area contributed by atoms with Gasteiger partial charge >= 0.3 is 12.1 Å². The first-order valence-electron chi connectivity index (χ1n) is 11.3. The van der Waals surface area contributed by atoms with E-state index in [1.807, 2.05) is 6.92 Å². The summed E-state index contributed by atoms with van der Waals surface area (Å²) in [7, 11) is 0. The highest BCUT2D eigenvalue weighted by molar-refractivity contribution is 5.81. The van der Waals surface area contributed by atoms with Gasteiger partial charge < -0.3 is 14.8 Å². The van der Waals surface area contributed by atoms with Crippen LogP contribution in [0.25, 0.3) is 0 Å². The number of hydrogen-bond donors (Lipinski definition) is 1. The Morgan fingerprint density at radius 1 is 0.667 bits per heavy atom. The minimum absolute atomic E-state index is 0.331. The fourth-order valence-corrected chi connectivity index (χ4v) is 2.91. The monoisotopic (exact) mass is 385 g/mol. The van der Waals surface area contributed by atoms with Gasteiger partial charge in [0.1, 0.15) is 6.04 Å². The van der Waals surface area contributed by atoms with Crippen LogP contribution in [0.5, 0.6) is 0 Å². The number of hydrogen-bond acceptors (Lipinski definition) is 4. The summed E-state index contributed by atoms with van der Waals surface area (Å²) in [5.74, 6) is -0.331. The maximum atomic E-state index is 12.3. The molecule has 1 amide bonds. The standard InChI is InChI=1S/C22H43NO4/c1-4-7-9-11-12-13-14-16-19-26-21(24)20(17-15-10-8-5-2)23-22(25)27-18-6-3/h20H,4-19H2,1-3H3,(H,23,25). The molecule has 0 bridgehead atoms. The normalized spacial score (nSPS) is 11.8. The Bertz CT molecular complexity index is 360. The van der Waals surface area contributed by atoms with Gasteiger partial charge in [0, 0.05) is 0 Å². The highest BCUT2D eigenvalue weighted by atomic mass is 16.6. The summed E-state index contributed by atoms with van der Waals surface area (Å²) >= 11 is 0. The Balaban J connectivity index is 4.04. The summed E-state index contributed by atoms with van der Waals surface area (Å²) < 4.78 is 10.4. The van der Waals surface area contributed by atoms with Crippen LogP contribution >= 0.6 is 0 Å². The van der Waals surface area contributed by atoms with E-state index in [0.717, 1.165) is 44.9 Å². The van der Waals surface area contributed by atoms with Crippen molar-refractivity contribution < 1.29 is 19.1 Å². The molecule has 1 atom stereocenters. The van der Waals surface area contributed by atoms with Gasteiger partial charge in [0.15, 0.2) is 0 Å². The molecule has 1 N–H and O–H groups in total. The predicted octanol–water partition coefficient (Wildman–Crippen LogP) is 6.15. The van der Waals surface area contributed by atoms with Gasteiger partial charge in [-0.2, -0.15) is 0 Å². The molecule has 0 aliphatic heterocycles. The van der Waals surface area contributed by atoms with E-state index < -0.39 is 12.1 Å². The van der Waals surface area contributed by atoms with Crippen molar-refractivity contribution in [3.05, 3.63) is 0 Å². The van der Waals surface area contributed by atoms with Crippen LogP contribution in [0.3, 0.4) is 0 Å². The van der Waals surface area contributed by atoms with Gasteiger partial charge in [-0.25, -0.2) is 9.59 Å². The van der Waals surface area contributed by atoms with Gasteiger partial charge in [-0.15, -0.1) is 0 Å². The van der Waals surface area contributed by atoms with Crippen LogP contribution in [0.1, 0.15) is 111 Å². The molecule has 0 aromatic carbocycles. The zero-order valence-electron chi connectivity index (χ0n) is 18.0. The third kappa shape index (κ3) is 16.6. The highest BCUT2D eigenvalue weighted by Gasteiger charge is 2.22. The van der Waals surface area contributed by atoms with Crippen LogP contribution in [0, 0.1) is 0 Å². The van der Waals surface area contributed by atoms with Crippen LogP contribution in [0.4, 0.5) is 4.79 Å². The minimum Gasteiger partial charge on any atom is -0.464 e. The van der Waals surface area contributed by atoms with Crippen molar-refractivity contribution >= 4 is 12.1 Å². The lowest BCUT2D eigenvalue weighted by Crippen LogP contribution is -2.42. The van der Waals surface area contributed by atoms with E-state index in [1.165, 1.54) is 38.5 Å². The lowest BCUT2D eigenvalue weighted by atomic mass is 10.1. The second kappa shape index (κ2) is 19.5. The Hall–Kier alpha value is -1.26. The second-order valence-electron chi connectivity index (χ2n) is 7.32. The van der Waals surface area contributed by atoms with Crippen molar-refractivity contribution in [3.8, 4) is 0 Å². The van der Waals surface area contributed by atoms with E-state index >= 15 is 0 Å². The molecule has 5 heteroatoms. The molecule has 0 saturated heterocycles. The maximum absolute atomic E-state index is 12.3. The molecule has 1 unspecified atom stereocenters. The first-order chi connectivity index (χ1) is 13.2. The van der Waals surface area contributed by atoms with Gasteiger partial charge in [0.25, 0.3) is 0 Å². The predicted molar refractivity (Wildman–Crippen MR) is 111 cm³/mol. The quantitative estimate of drug-likeness (QED) is 0.227. The van der Waals surface area contributed by atoms with Crippen LogP contribution < -0.4 is 5.32 Å². The molecule has 27 heavy (non-hydrogen) atoms. The third-order valence-corrected chi connectivity index (χ3v) is 4.60. The number of alkyl carbamates (subject to hydrolysis) is 1. The number of carbonyl (C=O) groups is 2. The van der Waals surface area contributed by atoms with Crippen molar-refractivity contribution in [2.45, 2.75) is 117 Å². The Morgan fingerprint density at radius 3 is 1.81 bits per heavy atom. The molecule has 0 aliphatic carbocycles. The van der Waals surface area contributed by atoms with Crippen LogP contribution in [-0.4, -0.2) is 31.3 Å².